The molecule has 0 saturated heterocycles. The molecule has 0 spiro atoms. The van der Waals surface area contributed by atoms with Crippen molar-refractivity contribution in [3.8, 4) is 0 Å². The van der Waals surface area contributed by atoms with Crippen LogP contribution in [0.15, 0.2) is 0 Å². The Balaban J connectivity index is 3.23. The van der Waals surface area contributed by atoms with Gasteiger partial charge in [-0.25, -0.2) is 0 Å². The highest BCUT2D eigenvalue weighted by atomic mass is 14.1. The molecule has 0 rings (SSSR count). The van der Waals surface area contributed by atoms with Crippen molar-refractivity contribution in [2.24, 2.45) is 5.92 Å². The average molecular weight is 367 g/mol. The van der Waals surface area contributed by atoms with Crippen LogP contribution < -0.4 is 0 Å². The zero-order valence-electron chi connectivity index (χ0n) is 19.1. The predicted octanol–water partition coefficient (Wildman–Crippen LogP) is 10.2. The van der Waals surface area contributed by atoms with Gasteiger partial charge >= 0.3 is 0 Å². The molecular formula is C26H54. The fourth-order valence-corrected chi connectivity index (χ4v) is 4.22. The average Bonchev–Trinajstić information content (AvgIpc) is 2.66. The topological polar surface area (TPSA) is 0 Å². The molecule has 0 fully saturated rings. The Morgan fingerprint density at radius 1 is 0.346 bits per heavy atom. The fraction of sp³-hybridized carbons (Fsp3) is 1.00. The van der Waals surface area contributed by atoms with Crippen molar-refractivity contribution < 1.29 is 0 Å². The van der Waals surface area contributed by atoms with E-state index in [0.717, 1.165) is 5.92 Å². The molecule has 0 saturated carbocycles. The Labute approximate surface area is 168 Å². The third kappa shape index (κ3) is 20.3. The lowest BCUT2D eigenvalue weighted by Gasteiger charge is -2.14. The van der Waals surface area contributed by atoms with Crippen molar-refractivity contribution in [3.63, 3.8) is 0 Å². The second-order valence-corrected chi connectivity index (χ2v) is 8.86. The van der Waals surface area contributed by atoms with Gasteiger partial charge in [0.05, 0.1) is 0 Å². The minimum atomic E-state index is 1.02. The molecule has 0 nitrogen and oxygen atoms in total. The highest BCUT2D eigenvalue weighted by molar-refractivity contribution is 4.59. The van der Waals surface area contributed by atoms with E-state index in [1.807, 2.05) is 0 Å². The van der Waals surface area contributed by atoms with E-state index >= 15 is 0 Å². The molecule has 0 aliphatic carbocycles. The van der Waals surface area contributed by atoms with Gasteiger partial charge in [-0.1, -0.05) is 162 Å². The van der Waals surface area contributed by atoms with Crippen LogP contribution in [0.3, 0.4) is 0 Å². The van der Waals surface area contributed by atoms with Crippen molar-refractivity contribution in [2.45, 2.75) is 162 Å². The van der Waals surface area contributed by atoms with Gasteiger partial charge in [-0.05, 0) is 5.92 Å². The van der Waals surface area contributed by atoms with E-state index in [1.54, 1.807) is 0 Å². The first kappa shape index (κ1) is 26.0. The van der Waals surface area contributed by atoms with Crippen LogP contribution in [0.4, 0.5) is 0 Å². The molecule has 1 atom stereocenters. The van der Waals surface area contributed by atoms with Crippen LogP contribution in [0.2, 0.25) is 0 Å². The van der Waals surface area contributed by atoms with E-state index in [4.69, 9.17) is 0 Å². The molecule has 0 heteroatoms. The SMILES string of the molecule is CCCCCCCCCCCCCCCC(CC)CCCCCCCC. The quantitative estimate of drug-likeness (QED) is 0.167. The summed E-state index contributed by atoms with van der Waals surface area (Å²) in [6, 6.07) is 0. The van der Waals surface area contributed by atoms with Crippen LogP contribution >= 0.6 is 0 Å². The predicted molar refractivity (Wildman–Crippen MR) is 122 cm³/mol. The summed E-state index contributed by atoms with van der Waals surface area (Å²) in [5, 5.41) is 0. The Morgan fingerprint density at radius 3 is 0.885 bits per heavy atom. The summed E-state index contributed by atoms with van der Waals surface area (Å²) in [4.78, 5) is 0. The maximum Gasteiger partial charge on any atom is -0.0417 e. The van der Waals surface area contributed by atoms with Gasteiger partial charge in [0, 0.05) is 0 Å². The van der Waals surface area contributed by atoms with E-state index in [9.17, 15) is 0 Å². The van der Waals surface area contributed by atoms with Gasteiger partial charge in [-0.3, -0.25) is 0 Å². The van der Waals surface area contributed by atoms with Crippen molar-refractivity contribution in [2.75, 3.05) is 0 Å². The van der Waals surface area contributed by atoms with Crippen molar-refractivity contribution in [3.05, 3.63) is 0 Å². The molecule has 0 amide bonds. The maximum absolute atomic E-state index is 2.41. The smallest absolute Gasteiger partial charge is 0.0417 e. The number of hydrogen-bond donors (Lipinski definition) is 0. The summed E-state index contributed by atoms with van der Waals surface area (Å²) in [5.74, 6) is 1.02. The molecule has 0 radical (unpaired) electrons. The zero-order chi connectivity index (χ0) is 19.1. The summed E-state index contributed by atoms with van der Waals surface area (Å²) in [6.45, 7) is 7.02. The van der Waals surface area contributed by atoms with Gasteiger partial charge < -0.3 is 0 Å². The van der Waals surface area contributed by atoms with Crippen molar-refractivity contribution in [1.29, 1.82) is 0 Å². The first-order chi connectivity index (χ1) is 12.8. The Hall–Kier alpha value is 0. The standard InChI is InChI=1S/C26H54/c1-4-7-9-11-13-14-15-16-17-18-19-21-23-25-26(6-3)24-22-20-12-10-8-5-2/h26H,4-25H2,1-3H3. The van der Waals surface area contributed by atoms with Gasteiger partial charge in [0.15, 0.2) is 0 Å². The van der Waals surface area contributed by atoms with Gasteiger partial charge in [-0.15, -0.1) is 0 Å². The lowest BCUT2D eigenvalue weighted by atomic mass is 9.92. The van der Waals surface area contributed by atoms with Crippen LogP contribution in [0.25, 0.3) is 0 Å². The van der Waals surface area contributed by atoms with Crippen molar-refractivity contribution >= 4 is 0 Å². The van der Waals surface area contributed by atoms with Crippen LogP contribution in [0, 0.1) is 5.92 Å². The summed E-state index contributed by atoms with van der Waals surface area (Å²) < 4.78 is 0. The molecule has 0 aromatic rings. The zero-order valence-corrected chi connectivity index (χ0v) is 19.1. The Bertz CT molecular complexity index is 232. The molecule has 0 aromatic heterocycles. The lowest BCUT2D eigenvalue weighted by Crippen LogP contribution is -1.99. The van der Waals surface area contributed by atoms with Crippen LogP contribution in [-0.4, -0.2) is 0 Å². The highest BCUT2D eigenvalue weighted by Gasteiger charge is 2.05. The maximum atomic E-state index is 2.41. The van der Waals surface area contributed by atoms with Crippen LogP contribution in [-0.2, 0) is 0 Å². The van der Waals surface area contributed by atoms with E-state index in [-0.39, 0.29) is 0 Å². The molecule has 0 heterocycles. The summed E-state index contributed by atoms with van der Waals surface area (Å²) in [7, 11) is 0. The largest absolute Gasteiger partial charge is 0.0654 e. The van der Waals surface area contributed by atoms with Gasteiger partial charge in [0.1, 0.15) is 0 Å². The summed E-state index contributed by atoms with van der Waals surface area (Å²) in [6.07, 6.45) is 32.3. The molecule has 0 aromatic carbocycles. The van der Waals surface area contributed by atoms with E-state index < -0.39 is 0 Å². The molecule has 0 N–H and O–H groups in total. The fourth-order valence-electron chi connectivity index (χ4n) is 4.22. The van der Waals surface area contributed by atoms with Crippen LogP contribution in [0.5, 0.6) is 0 Å². The van der Waals surface area contributed by atoms with E-state index in [2.05, 4.69) is 20.8 Å². The highest BCUT2D eigenvalue weighted by Crippen LogP contribution is 2.22. The summed E-state index contributed by atoms with van der Waals surface area (Å²) >= 11 is 0. The minimum absolute atomic E-state index is 1.02. The molecule has 158 valence electrons. The Kier molecular flexibility index (Phi) is 23.0. The number of unbranched alkanes of at least 4 members (excludes halogenated alkanes) is 17. The molecular weight excluding hydrogens is 312 g/mol. The summed E-state index contributed by atoms with van der Waals surface area (Å²) in [5.41, 5.74) is 0. The first-order valence-electron chi connectivity index (χ1n) is 12.8. The van der Waals surface area contributed by atoms with Gasteiger partial charge in [0.2, 0.25) is 0 Å². The van der Waals surface area contributed by atoms with Gasteiger partial charge in [-0.2, -0.15) is 0 Å². The van der Waals surface area contributed by atoms with Gasteiger partial charge in [0.25, 0.3) is 0 Å². The molecule has 0 aliphatic rings. The van der Waals surface area contributed by atoms with Crippen LogP contribution in [0.1, 0.15) is 162 Å². The second-order valence-electron chi connectivity index (χ2n) is 8.86. The lowest BCUT2D eigenvalue weighted by molar-refractivity contribution is 0.392. The van der Waals surface area contributed by atoms with E-state index in [0.29, 0.717) is 0 Å². The number of hydrogen-bond acceptors (Lipinski definition) is 0. The first-order valence-corrected chi connectivity index (χ1v) is 12.8. The monoisotopic (exact) mass is 366 g/mol. The Morgan fingerprint density at radius 2 is 0.615 bits per heavy atom. The third-order valence-corrected chi connectivity index (χ3v) is 6.26. The minimum Gasteiger partial charge on any atom is -0.0654 e. The molecule has 0 aliphatic heterocycles. The molecule has 26 heavy (non-hydrogen) atoms. The molecule has 0 bridgehead atoms. The van der Waals surface area contributed by atoms with E-state index in [1.165, 1.54) is 141 Å². The normalized spacial score (nSPS) is 12.6. The van der Waals surface area contributed by atoms with Crippen molar-refractivity contribution in [1.82, 2.24) is 0 Å². The number of rotatable bonds is 22. The molecule has 1 unspecified atom stereocenters. The third-order valence-electron chi connectivity index (χ3n) is 6.26. The second kappa shape index (κ2) is 23.0.